The zero-order chi connectivity index (χ0) is 25.4. The Morgan fingerprint density at radius 3 is 2.81 bits per heavy atom. The van der Waals surface area contributed by atoms with Crippen LogP contribution in [0.25, 0.3) is 26.4 Å². The van der Waals surface area contributed by atoms with Crippen LogP contribution < -0.4 is 5.32 Å². The van der Waals surface area contributed by atoms with Crippen LogP contribution in [0.15, 0.2) is 42.6 Å². The number of fused-ring (bicyclic) bond motifs is 3. The van der Waals surface area contributed by atoms with Gasteiger partial charge in [0.2, 0.25) is 0 Å². The van der Waals surface area contributed by atoms with E-state index in [0.29, 0.717) is 36.2 Å². The highest BCUT2D eigenvalue weighted by Gasteiger charge is 2.21. The molecule has 1 amide bonds. The Kier molecular flexibility index (Phi) is 6.92. The standard InChI is InChI=1S/C28H30F2N4O2S/c29-20-8-12-33(13-9-20)11-2-10-31-27(35)19-5-7-24-26(16-19)37-28-32-23(17-34(24)28)21-6-4-18(15-22(21)30)25-3-1-14-36-25/h4-7,15-17,20,25H,1-3,8-14H2,(H,31,35)/t25-/m0/s1. The summed E-state index contributed by atoms with van der Waals surface area (Å²) in [7, 11) is 0. The van der Waals surface area contributed by atoms with Crippen LogP contribution >= 0.6 is 11.3 Å². The Bertz CT molecular complexity index is 1420. The van der Waals surface area contributed by atoms with Crippen molar-refractivity contribution in [3.05, 3.63) is 59.5 Å². The molecule has 9 heteroatoms. The summed E-state index contributed by atoms with van der Waals surface area (Å²) < 4.78 is 36.8. The highest BCUT2D eigenvalue weighted by atomic mass is 32.1. The fraction of sp³-hybridized carbons (Fsp3) is 0.429. The lowest BCUT2D eigenvalue weighted by atomic mass is 10.0. The summed E-state index contributed by atoms with van der Waals surface area (Å²) in [6.45, 7) is 3.76. The zero-order valence-electron chi connectivity index (χ0n) is 20.6. The van der Waals surface area contributed by atoms with E-state index in [-0.39, 0.29) is 17.8 Å². The molecule has 1 atom stereocenters. The number of nitrogens with one attached hydrogen (secondary N) is 1. The van der Waals surface area contributed by atoms with Gasteiger partial charge in [-0.2, -0.15) is 0 Å². The van der Waals surface area contributed by atoms with Gasteiger partial charge in [0.25, 0.3) is 5.91 Å². The molecule has 2 fully saturated rings. The molecule has 6 nitrogen and oxygen atoms in total. The predicted molar refractivity (Wildman–Crippen MR) is 141 cm³/mol. The molecule has 2 saturated heterocycles. The minimum Gasteiger partial charge on any atom is -0.374 e. The molecule has 37 heavy (non-hydrogen) atoms. The molecule has 0 unspecified atom stereocenters. The molecule has 2 aliphatic heterocycles. The smallest absolute Gasteiger partial charge is 0.251 e. The summed E-state index contributed by atoms with van der Waals surface area (Å²) in [4.78, 5) is 20.4. The van der Waals surface area contributed by atoms with Crippen molar-refractivity contribution < 1.29 is 18.3 Å². The summed E-state index contributed by atoms with van der Waals surface area (Å²) in [5, 5.41) is 2.99. The second kappa shape index (κ2) is 10.5. The van der Waals surface area contributed by atoms with Gasteiger partial charge in [0.1, 0.15) is 12.0 Å². The largest absolute Gasteiger partial charge is 0.374 e. The number of amides is 1. The van der Waals surface area contributed by atoms with E-state index < -0.39 is 6.17 Å². The maximum Gasteiger partial charge on any atom is 0.251 e. The van der Waals surface area contributed by atoms with Gasteiger partial charge in [0, 0.05) is 43.6 Å². The lowest BCUT2D eigenvalue weighted by Gasteiger charge is -2.28. The number of thiazole rings is 1. The third kappa shape index (κ3) is 5.12. The van der Waals surface area contributed by atoms with Crippen LogP contribution in [-0.2, 0) is 4.74 Å². The minimum atomic E-state index is -0.665. The second-order valence-electron chi connectivity index (χ2n) is 9.93. The van der Waals surface area contributed by atoms with Crippen molar-refractivity contribution in [2.45, 2.75) is 44.4 Å². The fourth-order valence-corrected chi connectivity index (χ4v) is 6.33. The Balaban J connectivity index is 1.12. The number of rotatable bonds is 7. The van der Waals surface area contributed by atoms with Crippen molar-refractivity contribution in [2.75, 3.05) is 32.8 Å². The van der Waals surface area contributed by atoms with E-state index in [1.807, 2.05) is 34.9 Å². The first-order valence-corrected chi connectivity index (χ1v) is 13.8. The molecular formula is C28H30F2N4O2S. The van der Waals surface area contributed by atoms with E-state index in [4.69, 9.17) is 4.74 Å². The molecule has 1 N–H and O–H groups in total. The van der Waals surface area contributed by atoms with Crippen LogP contribution in [0.2, 0.25) is 0 Å². The van der Waals surface area contributed by atoms with Crippen molar-refractivity contribution in [1.29, 1.82) is 0 Å². The summed E-state index contributed by atoms with van der Waals surface area (Å²) >= 11 is 1.48. The predicted octanol–water partition coefficient (Wildman–Crippen LogP) is 5.76. The molecule has 4 aromatic rings. The molecule has 4 heterocycles. The lowest BCUT2D eigenvalue weighted by Crippen LogP contribution is -2.36. The van der Waals surface area contributed by atoms with Gasteiger partial charge in [-0.1, -0.05) is 17.4 Å². The lowest BCUT2D eigenvalue weighted by molar-refractivity contribution is 0.0950. The van der Waals surface area contributed by atoms with E-state index in [2.05, 4.69) is 15.2 Å². The van der Waals surface area contributed by atoms with Crippen molar-refractivity contribution in [3.63, 3.8) is 0 Å². The van der Waals surface area contributed by atoms with Gasteiger partial charge < -0.3 is 15.0 Å². The number of halogens is 2. The van der Waals surface area contributed by atoms with Gasteiger partial charge in [-0.05, 0) is 74.5 Å². The number of alkyl halides is 1. The third-order valence-corrected chi connectivity index (χ3v) is 8.40. The van der Waals surface area contributed by atoms with Crippen molar-refractivity contribution >= 4 is 32.4 Å². The maximum absolute atomic E-state index is 15.0. The number of carbonyl (C=O) groups excluding carboxylic acids is 1. The zero-order valence-corrected chi connectivity index (χ0v) is 21.4. The summed E-state index contributed by atoms with van der Waals surface area (Å²) in [5.41, 5.74) is 3.46. The van der Waals surface area contributed by atoms with Gasteiger partial charge in [-0.15, -0.1) is 0 Å². The first-order chi connectivity index (χ1) is 18.0. The summed E-state index contributed by atoms with van der Waals surface area (Å²) in [6, 6.07) is 10.9. The van der Waals surface area contributed by atoms with E-state index in [9.17, 15) is 13.6 Å². The third-order valence-electron chi connectivity index (χ3n) is 7.38. The number of aromatic nitrogens is 2. The fourth-order valence-electron chi connectivity index (χ4n) is 5.28. The number of carbonyl (C=O) groups is 1. The molecule has 0 aliphatic carbocycles. The number of imidazole rings is 1. The van der Waals surface area contributed by atoms with E-state index in [1.54, 1.807) is 12.1 Å². The molecule has 0 radical (unpaired) electrons. The molecule has 194 valence electrons. The number of ether oxygens (including phenoxy) is 1. The quantitative estimate of drug-likeness (QED) is 0.312. The van der Waals surface area contributed by atoms with Crippen LogP contribution in [0.4, 0.5) is 8.78 Å². The van der Waals surface area contributed by atoms with Crippen molar-refractivity contribution in [3.8, 4) is 11.3 Å². The molecule has 2 aromatic heterocycles. The van der Waals surface area contributed by atoms with Gasteiger partial charge >= 0.3 is 0 Å². The van der Waals surface area contributed by atoms with Crippen LogP contribution in [0.5, 0.6) is 0 Å². The number of likely N-dealkylation sites (tertiary alicyclic amines) is 1. The van der Waals surface area contributed by atoms with E-state index in [1.165, 1.54) is 11.3 Å². The molecule has 0 bridgehead atoms. The van der Waals surface area contributed by atoms with Crippen LogP contribution in [0, 0.1) is 5.82 Å². The van der Waals surface area contributed by atoms with Crippen LogP contribution in [0.1, 0.15) is 54.1 Å². The second-order valence-corrected chi connectivity index (χ2v) is 10.9. The van der Waals surface area contributed by atoms with Crippen LogP contribution in [0.3, 0.4) is 0 Å². The first kappa shape index (κ1) is 24.5. The Labute approximate surface area is 218 Å². The Hall–Kier alpha value is -2.88. The molecule has 2 aliphatic rings. The monoisotopic (exact) mass is 524 g/mol. The number of nitrogens with zero attached hydrogens (tertiary/aromatic N) is 3. The van der Waals surface area contributed by atoms with Gasteiger partial charge in [0.15, 0.2) is 4.96 Å². The van der Waals surface area contributed by atoms with E-state index >= 15 is 0 Å². The Morgan fingerprint density at radius 1 is 1.16 bits per heavy atom. The number of hydrogen-bond donors (Lipinski definition) is 1. The van der Waals surface area contributed by atoms with E-state index in [0.717, 1.165) is 66.2 Å². The van der Waals surface area contributed by atoms with Gasteiger partial charge in [-0.3, -0.25) is 9.20 Å². The molecule has 0 saturated carbocycles. The topological polar surface area (TPSA) is 58.9 Å². The van der Waals surface area contributed by atoms with Gasteiger partial charge in [-0.25, -0.2) is 13.8 Å². The average molecular weight is 525 g/mol. The van der Waals surface area contributed by atoms with Crippen LogP contribution in [-0.4, -0.2) is 59.1 Å². The summed E-state index contributed by atoms with van der Waals surface area (Å²) in [6.07, 6.45) is 5.14. The molecule has 6 rings (SSSR count). The number of benzene rings is 2. The van der Waals surface area contributed by atoms with Crippen molar-refractivity contribution in [2.24, 2.45) is 0 Å². The number of piperidine rings is 1. The average Bonchev–Trinajstić information content (AvgIpc) is 3.64. The highest BCUT2D eigenvalue weighted by Crippen LogP contribution is 2.34. The molecule has 0 spiro atoms. The SMILES string of the molecule is O=C(NCCCN1CCC(F)CC1)c1ccc2c(c1)sc1nc(-c3ccc([C@@H]4CCCO4)cc3F)cn12. The van der Waals surface area contributed by atoms with Gasteiger partial charge in [0.05, 0.1) is 22.0 Å². The molecular weight excluding hydrogens is 494 g/mol. The molecule has 2 aromatic carbocycles. The minimum absolute atomic E-state index is 0.0235. The first-order valence-electron chi connectivity index (χ1n) is 13.0. The summed E-state index contributed by atoms with van der Waals surface area (Å²) in [5.74, 6) is -0.404. The normalized spacial score (nSPS) is 19.2. The van der Waals surface area contributed by atoms with Crippen molar-refractivity contribution in [1.82, 2.24) is 19.6 Å². The Morgan fingerprint density at radius 2 is 2.03 bits per heavy atom. The highest BCUT2D eigenvalue weighted by molar-refractivity contribution is 7.23. The number of hydrogen-bond acceptors (Lipinski definition) is 5. The maximum atomic E-state index is 15.0.